The van der Waals surface area contributed by atoms with Crippen LogP contribution >= 0.6 is 0 Å². The number of rotatable bonds is 4. The van der Waals surface area contributed by atoms with E-state index in [9.17, 15) is 35.1 Å². The van der Waals surface area contributed by atoms with E-state index in [1.807, 2.05) is 0 Å². The third kappa shape index (κ3) is 4.55. The summed E-state index contributed by atoms with van der Waals surface area (Å²) in [5, 5.41) is 66.2. The Morgan fingerprint density at radius 2 is 1.78 bits per heavy atom. The fourth-order valence-electron chi connectivity index (χ4n) is 4.97. The number of benzene rings is 2. The number of carbonyl (C=O) groups excluding carboxylic acids is 1. The Bertz CT molecular complexity index is 2170. The summed E-state index contributed by atoms with van der Waals surface area (Å²) in [6, 6.07) is 5.24. The van der Waals surface area contributed by atoms with Crippen molar-refractivity contribution in [3.63, 3.8) is 0 Å². The highest BCUT2D eigenvalue weighted by Crippen LogP contribution is 2.52. The van der Waals surface area contributed by atoms with Gasteiger partial charge in [0.1, 0.15) is 28.6 Å². The summed E-state index contributed by atoms with van der Waals surface area (Å²) in [7, 11) is 1.69. The third-order valence-corrected chi connectivity index (χ3v) is 7.17. The number of amides is 1. The van der Waals surface area contributed by atoms with Crippen LogP contribution in [0.5, 0.6) is 28.7 Å². The minimum Gasteiger partial charge on any atom is -0.503 e. The maximum Gasteiger partial charge on any atom is 0.267 e. The topological polar surface area (TPSA) is 239 Å². The van der Waals surface area contributed by atoms with Gasteiger partial charge in [0.15, 0.2) is 17.3 Å². The molecule has 0 aliphatic carbocycles. The molecule has 45 heavy (non-hydrogen) atoms. The molecule has 2 aromatic carbocycles. The van der Waals surface area contributed by atoms with Gasteiger partial charge in [-0.2, -0.15) is 5.10 Å². The van der Waals surface area contributed by atoms with Gasteiger partial charge in [0.2, 0.25) is 17.2 Å². The highest BCUT2D eigenvalue weighted by Gasteiger charge is 2.31. The molecule has 0 bridgehead atoms. The van der Waals surface area contributed by atoms with Crippen molar-refractivity contribution >= 4 is 34.6 Å². The Hall–Kier alpha value is -6.63. The van der Waals surface area contributed by atoms with E-state index in [1.54, 1.807) is 43.7 Å². The van der Waals surface area contributed by atoms with Gasteiger partial charge < -0.3 is 41.9 Å². The number of hydrogen-bond acceptors (Lipinski definition) is 12. The molecular formula is C29H25N9O7. The monoisotopic (exact) mass is 611 g/mol. The quantitative estimate of drug-likeness (QED) is 0.0813. The zero-order chi connectivity index (χ0) is 32.2. The van der Waals surface area contributed by atoms with Crippen molar-refractivity contribution in [2.24, 2.45) is 7.05 Å². The molecule has 0 spiro atoms. The van der Waals surface area contributed by atoms with Gasteiger partial charge in [-0.1, -0.05) is 12.0 Å². The highest BCUT2D eigenvalue weighted by atomic mass is 16.4. The Labute approximate surface area is 252 Å². The van der Waals surface area contributed by atoms with Gasteiger partial charge in [0, 0.05) is 25.4 Å². The maximum atomic E-state index is 14.3. The van der Waals surface area contributed by atoms with E-state index in [0.717, 1.165) is 0 Å². The molecule has 1 unspecified atom stereocenters. The summed E-state index contributed by atoms with van der Waals surface area (Å²) in [4.78, 5) is 32.4. The normalized spacial score (nSPS) is 12.7. The van der Waals surface area contributed by atoms with Crippen LogP contribution < -0.4 is 21.9 Å². The first kappa shape index (κ1) is 28.5. The first-order valence-electron chi connectivity index (χ1n) is 13.3. The molecule has 1 aliphatic heterocycles. The van der Waals surface area contributed by atoms with Gasteiger partial charge in [-0.25, -0.2) is 9.67 Å². The average Bonchev–Trinajstić information content (AvgIpc) is 3.59. The molecule has 0 fully saturated rings. The number of anilines is 2. The van der Waals surface area contributed by atoms with Crippen LogP contribution in [0.15, 0.2) is 41.3 Å². The molecule has 3 aromatic heterocycles. The maximum absolute atomic E-state index is 14.3. The molecule has 228 valence electrons. The molecule has 16 nitrogen and oxygen atoms in total. The lowest BCUT2D eigenvalue weighted by Gasteiger charge is -2.22. The summed E-state index contributed by atoms with van der Waals surface area (Å²) in [6.45, 7) is 1.90. The highest BCUT2D eigenvalue weighted by molar-refractivity contribution is 6.04. The molecule has 16 heteroatoms. The lowest BCUT2D eigenvalue weighted by atomic mass is 10.1. The van der Waals surface area contributed by atoms with E-state index in [4.69, 9.17) is 5.73 Å². The molecule has 1 atom stereocenters. The molecule has 1 aliphatic rings. The third-order valence-electron chi connectivity index (χ3n) is 7.17. The minimum absolute atomic E-state index is 0.0271. The number of nitrogen functional groups attached to an aromatic ring is 1. The van der Waals surface area contributed by atoms with E-state index >= 15 is 0 Å². The molecule has 4 heterocycles. The number of nitrogens with zero attached hydrogens (tertiary/aromatic N) is 6. The number of phenolic OH excluding ortho intramolecular Hbond substituents is 5. The van der Waals surface area contributed by atoms with Crippen LogP contribution in [0.2, 0.25) is 0 Å². The summed E-state index contributed by atoms with van der Waals surface area (Å²) < 4.78 is 3.64. The SMILES string of the molecule is CC(NC(=O)c1c(N)nn2c1NCC=C2)c1nc2cccc(C#Cc3ccnn3C)c2c(=O)n1-c1c(O)c(O)c(O)c(O)c1O. The molecule has 9 N–H and O–H groups in total. The first-order valence-corrected chi connectivity index (χ1v) is 13.3. The zero-order valence-electron chi connectivity index (χ0n) is 23.6. The number of nitrogens with two attached hydrogens (primary N) is 1. The van der Waals surface area contributed by atoms with Crippen molar-refractivity contribution in [3.05, 3.63) is 69.5 Å². The number of fused-ring (bicyclic) bond motifs is 2. The number of nitrogens with one attached hydrogen (secondary N) is 2. The van der Waals surface area contributed by atoms with E-state index < -0.39 is 51.9 Å². The standard InChI is InChI=1S/C29H25N9O7/c1-13(33-28(44)18-25(30)35-37-12-4-10-31-27(18)37)26-34-16-6-3-5-14(7-8-15-9-11-32-36(15)2)17(16)29(45)38(26)19-20(39)22(41)24(43)23(42)21(19)40/h3-6,9,11-13,31,39-43H,10H2,1-2H3,(H2,30,35)(H,33,44). The molecular weight excluding hydrogens is 586 g/mol. The molecule has 1 amide bonds. The zero-order valence-corrected chi connectivity index (χ0v) is 23.6. The number of carbonyl (C=O) groups is 1. The van der Waals surface area contributed by atoms with E-state index in [1.165, 1.54) is 22.4 Å². The predicted molar refractivity (Wildman–Crippen MR) is 161 cm³/mol. The van der Waals surface area contributed by atoms with E-state index in [-0.39, 0.29) is 33.7 Å². The lowest BCUT2D eigenvalue weighted by Crippen LogP contribution is -2.34. The van der Waals surface area contributed by atoms with Crippen molar-refractivity contribution in [2.75, 3.05) is 17.6 Å². The van der Waals surface area contributed by atoms with Gasteiger partial charge in [-0.3, -0.25) is 18.8 Å². The summed E-state index contributed by atoms with van der Waals surface area (Å²) >= 11 is 0. The second kappa shape index (κ2) is 10.6. The van der Waals surface area contributed by atoms with Crippen LogP contribution in [-0.2, 0) is 7.05 Å². The Balaban J connectivity index is 1.57. The van der Waals surface area contributed by atoms with Crippen LogP contribution in [-0.4, -0.2) is 67.1 Å². The van der Waals surface area contributed by atoms with Crippen molar-refractivity contribution in [1.82, 2.24) is 34.4 Å². The van der Waals surface area contributed by atoms with Gasteiger partial charge in [-0.05, 0) is 37.1 Å². The smallest absolute Gasteiger partial charge is 0.267 e. The molecule has 0 saturated heterocycles. The van der Waals surface area contributed by atoms with Crippen LogP contribution in [0.4, 0.5) is 11.6 Å². The van der Waals surface area contributed by atoms with Crippen LogP contribution in [0.3, 0.4) is 0 Å². The fraction of sp³-hybridized carbons (Fsp3) is 0.138. The number of hydrogen-bond donors (Lipinski definition) is 8. The summed E-state index contributed by atoms with van der Waals surface area (Å²) in [6.07, 6.45) is 4.96. The van der Waals surface area contributed by atoms with Crippen LogP contribution in [0, 0.1) is 11.8 Å². The van der Waals surface area contributed by atoms with Crippen molar-refractivity contribution < 1.29 is 30.3 Å². The van der Waals surface area contributed by atoms with Gasteiger partial charge >= 0.3 is 0 Å². The molecule has 0 saturated carbocycles. The van der Waals surface area contributed by atoms with E-state index in [0.29, 0.717) is 22.6 Å². The number of aromatic nitrogens is 6. The largest absolute Gasteiger partial charge is 0.503 e. The molecule has 0 radical (unpaired) electrons. The fourth-order valence-corrected chi connectivity index (χ4v) is 4.97. The van der Waals surface area contributed by atoms with Gasteiger partial charge in [0.25, 0.3) is 11.5 Å². The Morgan fingerprint density at radius 3 is 2.47 bits per heavy atom. The summed E-state index contributed by atoms with van der Waals surface area (Å²) in [5.74, 6) is -0.752. The average molecular weight is 612 g/mol. The first-order chi connectivity index (χ1) is 21.5. The number of aryl methyl sites for hydroxylation is 1. The second-order valence-corrected chi connectivity index (χ2v) is 10.0. The predicted octanol–water partition coefficient (Wildman–Crippen LogP) is 1.21. The lowest BCUT2D eigenvalue weighted by molar-refractivity contribution is 0.0939. The van der Waals surface area contributed by atoms with Gasteiger partial charge in [0.05, 0.1) is 23.1 Å². The van der Waals surface area contributed by atoms with Crippen molar-refractivity contribution in [3.8, 4) is 46.3 Å². The molecule has 5 aromatic rings. The van der Waals surface area contributed by atoms with Gasteiger partial charge in [-0.15, -0.1) is 5.10 Å². The Kier molecular flexibility index (Phi) is 6.69. The van der Waals surface area contributed by atoms with Crippen molar-refractivity contribution in [2.45, 2.75) is 13.0 Å². The van der Waals surface area contributed by atoms with Crippen LogP contribution in [0.1, 0.15) is 40.4 Å². The second-order valence-electron chi connectivity index (χ2n) is 10.0. The Morgan fingerprint density at radius 1 is 1.07 bits per heavy atom. The number of aromatic hydroxyl groups is 5. The van der Waals surface area contributed by atoms with Crippen molar-refractivity contribution in [1.29, 1.82) is 0 Å². The number of phenols is 5. The minimum atomic E-state index is -1.22. The van der Waals surface area contributed by atoms with E-state index in [2.05, 4.69) is 37.7 Å². The summed E-state index contributed by atoms with van der Waals surface area (Å²) in [5.41, 5.74) is 5.27. The van der Waals surface area contributed by atoms with Crippen LogP contribution in [0.25, 0.3) is 22.8 Å². The molecule has 6 rings (SSSR count).